The van der Waals surface area contributed by atoms with E-state index in [9.17, 15) is 4.79 Å². The molecule has 1 unspecified atom stereocenters. The summed E-state index contributed by atoms with van der Waals surface area (Å²) in [5.74, 6) is 0.615. The maximum Gasteiger partial charge on any atom is 0.262 e. The van der Waals surface area contributed by atoms with Crippen LogP contribution in [0.1, 0.15) is 36.4 Å². The molecule has 1 rings (SSSR count). The average molecular weight is 383 g/mol. The summed E-state index contributed by atoms with van der Waals surface area (Å²) >= 11 is 8.48. The van der Waals surface area contributed by atoms with Gasteiger partial charge in [0.2, 0.25) is 0 Å². The highest BCUT2D eigenvalue weighted by Crippen LogP contribution is 2.23. The van der Waals surface area contributed by atoms with Crippen molar-refractivity contribution < 1.29 is 4.79 Å². The third-order valence-electron chi connectivity index (χ3n) is 2.84. The summed E-state index contributed by atoms with van der Waals surface area (Å²) in [5, 5.41) is 4.88. The van der Waals surface area contributed by atoms with E-state index < -0.39 is 0 Å². The number of carbonyl (C=O) groups excluding carboxylic acids is 1. The molecule has 1 heterocycles. The quantitative estimate of drug-likeness (QED) is 0.724. The van der Waals surface area contributed by atoms with Gasteiger partial charge in [-0.3, -0.25) is 4.79 Å². The van der Waals surface area contributed by atoms with Gasteiger partial charge in [0.15, 0.2) is 0 Å². The molecule has 0 spiro atoms. The lowest BCUT2D eigenvalue weighted by Gasteiger charge is -2.19. The zero-order valence-corrected chi connectivity index (χ0v) is 14.0. The van der Waals surface area contributed by atoms with Crippen LogP contribution in [0.25, 0.3) is 0 Å². The molecule has 1 aromatic heterocycles. The van der Waals surface area contributed by atoms with Crippen LogP contribution < -0.4 is 5.32 Å². The molecule has 0 fully saturated rings. The fourth-order valence-electron chi connectivity index (χ4n) is 1.69. The van der Waals surface area contributed by atoms with Gasteiger partial charge in [-0.15, -0.1) is 11.3 Å². The maximum absolute atomic E-state index is 11.9. The lowest BCUT2D eigenvalue weighted by atomic mass is 9.99. The minimum Gasteiger partial charge on any atom is -0.350 e. The van der Waals surface area contributed by atoms with Crippen molar-refractivity contribution in [2.75, 3.05) is 6.54 Å². The van der Waals surface area contributed by atoms with Crippen molar-refractivity contribution in [3.05, 3.63) is 20.8 Å². The first-order chi connectivity index (χ1) is 8.10. The van der Waals surface area contributed by atoms with Crippen LogP contribution in [0.3, 0.4) is 0 Å². The van der Waals surface area contributed by atoms with Gasteiger partial charge >= 0.3 is 0 Å². The Morgan fingerprint density at radius 3 is 2.59 bits per heavy atom. The largest absolute Gasteiger partial charge is 0.350 e. The fourth-order valence-corrected chi connectivity index (χ4v) is 4.07. The summed E-state index contributed by atoms with van der Waals surface area (Å²) in [6, 6.07) is 1.89. The molecule has 5 heteroatoms. The van der Waals surface area contributed by atoms with Crippen molar-refractivity contribution in [1.82, 2.24) is 5.32 Å². The van der Waals surface area contributed by atoms with Gasteiger partial charge in [-0.2, -0.15) is 0 Å². The van der Waals surface area contributed by atoms with Crippen molar-refractivity contribution in [1.29, 1.82) is 0 Å². The Balaban J connectivity index is 2.46. The molecular weight excluding hydrogens is 366 g/mol. The van der Waals surface area contributed by atoms with E-state index >= 15 is 0 Å². The van der Waals surface area contributed by atoms with Crippen molar-refractivity contribution in [3.63, 3.8) is 0 Å². The van der Waals surface area contributed by atoms with Gasteiger partial charge in [0.25, 0.3) is 5.91 Å². The smallest absolute Gasteiger partial charge is 0.262 e. The first-order valence-corrected chi connectivity index (χ1v) is 8.34. The van der Waals surface area contributed by atoms with Crippen molar-refractivity contribution >= 4 is 49.1 Å². The van der Waals surface area contributed by atoms with Crippen LogP contribution in [-0.2, 0) is 0 Å². The molecule has 0 aliphatic carbocycles. The molecule has 0 aliphatic rings. The van der Waals surface area contributed by atoms with Crippen LogP contribution >= 0.6 is 43.2 Å². The minimum atomic E-state index is 0.00211. The average Bonchev–Trinajstić information content (AvgIpc) is 2.74. The normalized spacial score (nSPS) is 12.8. The number of thiophene rings is 1. The monoisotopic (exact) mass is 381 g/mol. The second kappa shape index (κ2) is 7.54. The number of hydrogen-bond donors (Lipinski definition) is 1. The van der Waals surface area contributed by atoms with Crippen LogP contribution in [0.4, 0.5) is 0 Å². The molecule has 1 N–H and O–H groups in total. The van der Waals surface area contributed by atoms with Crippen molar-refractivity contribution in [2.24, 2.45) is 5.92 Å². The molecule has 0 aliphatic heterocycles. The molecule has 0 bridgehead atoms. The summed E-state index contributed by atoms with van der Waals surface area (Å²) in [7, 11) is 0. The van der Waals surface area contributed by atoms with E-state index in [-0.39, 0.29) is 5.91 Å². The second-order valence-corrected chi connectivity index (χ2v) is 6.85. The summed E-state index contributed by atoms with van der Waals surface area (Å²) in [4.78, 5) is 13.0. The Kier molecular flexibility index (Phi) is 6.74. The predicted octanol–water partition coefficient (Wildman–Crippen LogP) is 4.44. The van der Waals surface area contributed by atoms with Gasteiger partial charge in [-0.1, -0.05) is 42.6 Å². The summed E-state index contributed by atoms with van der Waals surface area (Å²) < 4.78 is 0.869. The Bertz CT molecular complexity index is 363. The van der Waals surface area contributed by atoms with E-state index in [1.807, 2.05) is 11.4 Å². The Morgan fingerprint density at radius 1 is 1.47 bits per heavy atom. The standard InChI is InChI=1S/C12H17Br2NOS/c1-3-8(4-2)10(14)7-15-12(16)11-9(13)5-6-17-11/h5-6,8,10H,3-4,7H2,1-2H3,(H,15,16). The minimum absolute atomic E-state index is 0.00211. The number of alkyl halides is 1. The Morgan fingerprint density at radius 2 is 2.12 bits per heavy atom. The lowest BCUT2D eigenvalue weighted by molar-refractivity contribution is 0.0955. The lowest BCUT2D eigenvalue weighted by Crippen LogP contribution is -2.32. The number of nitrogens with one attached hydrogen (secondary N) is 1. The summed E-state index contributed by atoms with van der Waals surface area (Å²) in [6.45, 7) is 5.04. The molecule has 1 aromatic rings. The topological polar surface area (TPSA) is 29.1 Å². The van der Waals surface area contributed by atoms with Gasteiger partial charge in [0, 0.05) is 15.8 Å². The summed E-state index contributed by atoms with van der Waals surface area (Å²) in [5.41, 5.74) is 0. The number of halogens is 2. The third kappa shape index (κ3) is 4.38. The highest BCUT2D eigenvalue weighted by atomic mass is 79.9. The SMILES string of the molecule is CCC(CC)C(Br)CNC(=O)c1sccc1Br. The molecule has 1 amide bonds. The predicted molar refractivity (Wildman–Crippen MR) is 81.1 cm³/mol. The number of amides is 1. The zero-order valence-electron chi connectivity index (χ0n) is 10.0. The molecule has 0 aromatic carbocycles. The Hall–Kier alpha value is 0.130. The zero-order chi connectivity index (χ0) is 12.8. The van der Waals surface area contributed by atoms with Gasteiger partial charge in [0.1, 0.15) is 4.88 Å². The number of carbonyl (C=O) groups is 1. The highest BCUT2D eigenvalue weighted by Gasteiger charge is 2.17. The third-order valence-corrected chi connectivity index (χ3v) is 5.75. The van der Waals surface area contributed by atoms with Gasteiger partial charge in [-0.05, 0) is 33.3 Å². The molecule has 0 saturated carbocycles. The first-order valence-electron chi connectivity index (χ1n) is 5.75. The fraction of sp³-hybridized carbons (Fsp3) is 0.583. The van der Waals surface area contributed by atoms with Gasteiger partial charge < -0.3 is 5.32 Å². The van der Waals surface area contributed by atoms with E-state index in [0.717, 1.165) is 22.2 Å². The summed E-state index contributed by atoms with van der Waals surface area (Å²) in [6.07, 6.45) is 2.26. The van der Waals surface area contributed by atoms with Crippen LogP contribution in [0.5, 0.6) is 0 Å². The van der Waals surface area contributed by atoms with E-state index in [4.69, 9.17) is 0 Å². The molecule has 2 nitrogen and oxygen atoms in total. The highest BCUT2D eigenvalue weighted by molar-refractivity contribution is 9.10. The van der Waals surface area contributed by atoms with E-state index in [0.29, 0.717) is 17.3 Å². The van der Waals surface area contributed by atoms with Crippen molar-refractivity contribution in [3.8, 4) is 0 Å². The van der Waals surface area contributed by atoms with Crippen LogP contribution in [0.15, 0.2) is 15.9 Å². The molecule has 1 atom stereocenters. The molecule has 96 valence electrons. The second-order valence-electron chi connectivity index (χ2n) is 3.90. The van der Waals surface area contributed by atoms with Gasteiger partial charge in [-0.25, -0.2) is 0 Å². The van der Waals surface area contributed by atoms with E-state index in [2.05, 4.69) is 51.0 Å². The molecule has 17 heavy (non-hydrogen) atoms. The molecular formula is C12H17Br2NOS. The molecule has 0 radical (unpaired) electrons. The van der Waals surface area contributed by atoms with Crippen LogP contribution in [0, 0.1) is 5.92 Å². The maximum atomic E-state index is 11.9. The first kappa shape index (κ1) is 15.2. The van der Waals surface area contributed by atoms with Crippen LogP contribution in [-0.4, -0.2) is 17.3 Å². The molecule has 0 saturated heterocycles. The van der Waals surface area contributed by atoms with E-state index in [1.165, 1.54) is 11.3 Å². The van der Waals surface area contributed by atoms with Gasteiger partial charge in [0.05, 0.1) is 0 Å². The number of hydrogen-bond acceptors (Lipinski definition) is 2. The Labute approximate surface area is 123 Å². The van der Waals surface area contributed by atoms with Crippen molar-refractivity contribution in [2.45, 2.75) is 31.5 Å². The van der Waals surface area contributed by atoms with E-state index in [1.54, 1.807) is 0 Å². The number of rotatable bonds is 6. The van der Waals surface area contributed by atoms with Crippen LogP contribution in [0.2, 0.25) is 0 Å².